The fraction of sp³-hybridized carbons (Fsp3) is 0.300. The number of aliphatic hydroxyl groups is 1. The van der Waals surface area contributed by atoms with Gasteiger partial charge in [0.05, 0.1) is 5.57 Å². The van der Waals surface area contributed by atoms with Crippen molar-refractivity contribution in [2.75, 3.05) is 0 Å². The van der Waals surface area contributed by atoms with Crippen molar-refractivity contribution in [1.82, 2.24) is 5.16 Å². The van der Waals surface area contributed by atoms with E-state index in [1.165, 1.54) is 20.1 Å². The van der Waals surface area contributed by atoms with Gasteiger partial charge in [0.25, 0.3) is 0 Å². The Hall–Kier alpha value is -1.91. The number of ketones is 1. The number of aromatic nitrogens is 1. The fourth-order valence-electron chi connectivity index (χ4n) is 0.984. The standard InChI is InChI=1S/C10H12N2O3/c1-6-4-10(12-15-6)11-5-9(7(2)13)8(3)14/h4-5,13H,1-3H3/b9-7-,11-5?. The highest BCUT2D eigenvalue weighted by Gasteiger charge is 2.05. The number of carbonyl (C=O) groups is 1. The molecular formula is C10H12N2O3. The summed E-state index contributed by atoms with van der Waals surface area (Å²) in [5.41, 5.74) is 0.163. The number of rotatable bonds is 3. The summed E-state index contributed by atoms with van der Waals surface area (Å²) in [6, 6.07) is 1.63. The molecule has 0 unspecified atom stereocenters. The number of nitrogens with zero attached hydrogens (tertiary/aromatic N) is 2. The predicted molar refractivity (Wildman–Crippen MR) is 55.4 cm³/mol. The number of hydrogen-bond donors (Lipinski definition) is 1. The second-order valence-electron chi connectivity index (χ2n) is 3.11. The lowest BCUT2D eigenvalue weighted by molar-refractivity contribution is -0.113. The fourth-order valence-corrected chi connectivity index (χ4v) is 0.984. The van der Waals surface area contributed by atoms with E-state index in [4.69, 9.17) is 4.52 Å². The van der Waals surface area contributed by atoms with Crippen LogP contribution < -0.4 is 0 Å². The molecule has 1 aromatic rings. The van der Waals surface area contributed by atoms with Crippen LogP contribution >= 0.6 is 0 Å². The van der Waals surface area contributed by atoms with Crippen LogP contribution in [-0.4, -0.2) is 22.3 Å². The summed E-state index contributed by atoms with van der Waals surface area (Å²) >= 11 is 0. The average molecular weight is 208 g/mol. The van der Waals surface area contributed by atoms with E-state index in [0.717, 1.165) is 0 Å². The largest absolute Gasteiger partial charge is 0.512 e. The van der Waals surface area contributed by atoms with Crippen molar-refractivity contribution in [2.24, 2.45) is 4.99 Å². The molecule has 0 saturated carbocycles. The molecule has 0 aliphatic heterocycles. The normalized spacial score (nSPS) is 13.0. The van der Waals surface area contributed by atoms with Crippen LogP contribution in [0.4, 0.5) is 5.82 Å². The van der Waals surface area contributed by atoms with Crippen LogP contribution in [0.15, 0.2) is 26.9 Å². The second-order valence-corrected chi connectivity index (χ2v) is 3.11. The van der Waals surface area contributed by atoms with Gasteiger partial charge in [-0.1, -0.05) is 5.16 Å². The lowest BCUT2D eigenvalue weighted by Crippen LogP contribution is -2.01. The number of carbonyl (C=O) groups excluding carboxylic acids is 1. The molecule has 5 nitrogen and oxygen atoms in total. The number of aliphatic hydroxyl groups excluding tert-OH is 1. The first-order valence-corrected chi connectivity index (χ1v) is 4.39. The van der Waals surface area contributed by atoms with Gasteiger partial charge in [-0.3, -0.25) is 4.79 Å². The molecule has 5 heteroatoms. The van der Waals surface area contributed by atoms with E-state index in [1.807, 2.05) is 0 Å². The molecule has 0 amide bonds. The molecule has 0 bridgehead atoms. The molecule has 0 spiro atoms. The first-order valence-electron chi connectivity index (χ1n) is 4.39. The molecule has 1 heterocycles. The maximum absolute atomic E-state index is 11.1. The van der Waals surface area contributed by atoms with Crippen LogP contribution in [0.1, 0.15) is 19.6 Å². The smallest absolute Gasteiger partial charge is 0.195 e. The summed E-state index contributed by atoms with van der Waals surface area (Å²) in [5.74, 6) is 0.689. The Kier molecular flexibility index (Phi) is 3.38. The Morgan fingerprint density at radius 3 is 2.67 bits per heavy atom. The number of aryl methyl sites for hydroxylation is 1. The Labute approximate surface area is 87.1 Å². The van der Waals surface area contributed by atoms with Gasteiger partial charge in [-0.2, -0.15) is 0 Å². The summed E-state index contributed by atoms with van der Waals surface area (Å²) in [6.07, 6.45) is 1.27. The molecule has 0 aromatic carbocycles. The SMILES string of the molecule is CC(=O)/C(C=Nc1cc(C)on1)=C(/C)O. The highest BCUT2D eigenvalue weighted by atomic mass is 16.5. The first-order chi connectivity index (χ1) is 7.00. The van der Waals surface area contributed by atoms with Crippen molar-refractivity contribution in [1.29, 1.82) is 0 Å². The Bertz CT molecular complexity index is 426. The number of Topliss-reactive ketones (excluding diaryl/α,β-unsaturated/α-hetero) is 1. The van der Waals surface area contributed by atoms with E-state index in [0.29, 0.717) is 11.6 Å². The van der Waals surface area contributed by atoms with Gasteiger partial charge in [0.2, 0.25) is 0 Å². The Balaban J connectivity index is 2.89. The summed E-state index contributed by atoms with van der Waals surface area (Å²) < 4.78 is 4.79. The summed E-state index contributed by atoms with van der Waals surface area (Å²) in [6.45, 7) is 4.52. The van der Waals surface area contributed by atoms with E-state index in [2.05, 4.69) is 10.1 Å². The van der Waals surface area contributed by atoms with Crippen LogP contribution in [0.25, 0.3) is 0 Å². The summed E-state index contributed by atoms with van der Waals surface area (Å²) in [7, 11) is 0. The van der Waals surface area contributed by atoms with Crippen molar-refractivity contribution >= 4 is 17.8 Å². The summed E-state index contributed by atoms with van der Waals surface area (Å²) in [4.78, 5) is 15.0. The highest BCUT2D eigenvalue weighted by molar-refractivity contribution is 6.12. The third-order valence-electron chi connectivity index (χ3n) is 1.71. The molecular weight excluding hydrogens is 196 g/mol. The molecule has 15 heavy (non-hydrogen) atoms. The average Bonchev–Trinajstić information content (AvgIpc) is 2.50. The molecule has 1 rings (SSSR count). The van der Waals surface area contributed by atoms with E-state index >= 15 is 0 Å². The van der Waals surface area contributed by atoms with Gasteiger partial charge < -0.3 is 9.63 Å². The van der Waals surface area contributed by atoms with Crippen LogP contribution in [0.2, 0.25) is 0 Å². The van der Waals surface area contributed by atoms with Crippen LogP contribution in [0.3, 0.4) is 0 Å². The molecule has 0 aliphatic rings. The monoisotopic (exact) mass is 208 g/mol. The van der Waals surface area contributed by atoms with Crippen molar-refractivity contribution in [3.05, 3.63) is 23.2 Å². The second kappa shape index (κ2) is 4.54. The first kappa shape index (κ1) is 11.2. The molecule has 0 aliphatic carbocycles. The van der Waals surface area contributed by atoms with Crippen molar-refractivity contribution < 1.29 is 14.4 Å². The van der Waals surface area contributed by atoms with Crippen molar-refractivity contribution in [2.45, 2.75) is 20.8 Å². The minimum Gasteiger partial charge on any atom is -0.512 e. The highest BCUT2D eigenvalue weighted by Crippen LogP contribution is 2.11. The number of allylic oxidation sites excluding steroid dienone is 2. The molecule has 0 fully saturated rings. The van der Waals surface area contributed by atoms with Gasteiger partial charge >= 0.3 is 0 Å². The number of aliphatic imine (C=N–C) groups is 1. The maximum Gasteiger partial charge on any atom is 0.195 e. The van der Waals surface area contributed by atoms with Gasteiger partial charge in [-0.25, -0.2) is 4.99 Å². The zero-order valence-electron chi connectivity index (χ0n) is 8.81. The van der Waals surface area contributed by atoms with Gasteiger partial charge in [-0.15, -0.1) is 0 Å². The van der Waals surface area contributed by atoms with Gasteiger partial charge in [-0.05, 0) is 20.8 Å². The van der Waals surface area contributed by atoms with Crippen molar-refractivity contribution in [3.8, 4) is 0 Å². The maximum atomic E-state index is 11.1. The minimum absolute atomic E-state index is 0.0635. The Morgan fingerprint density at radius 2 is 2.27 bits per heavy atom. The van der Waals surface area contributed by atoms with Gasteiger partial charge in [0.15, 0.2) is 11.6 Å². The molecule has 80 valence electrons. The van der Waals surface area contributed by atoms with E-state index in [9.17, 15) is 9.90 Å². The van der Waals surface area contributed by atoms with Crippen LogP contribution in [-0.2, 0) is 4.79 Å². The quantitative estimate of drug-likeness (QED) is 0.469. The lowest BCUT2D eigenvalue weighted by Gasteiger charge is -1.95. The molecule has 1 aromatic heterocycles. The number of hydrogen-bond acceptors (Lipinski definition) is 5. The lowest BCUT2D eigenvalue weighted by atomic mass is 10.2. The zero-order chi connectivity index (χ0) is 11.4. The van der Waals surface area contributed by atoms with Gasteiger partial charge in [0.1, 0.15) is 11.5 Å². The van der Waals surface area contributed by atoms with Crippen LogP contribution in [0.5, 0.6) is 0 Å². The molecule has 0 radical (unpaired) electrons. The van der Waals surface area contributed by atoms with Crippen molar-refractivity contribution in [3.63, 3.8) is 0 Å². The molecule has 0 saturated heterocycles. The molecule has 1 N–H and O–H groups in total. The van der Waals surface area contributed by atoms with E-state index in [1.54, 1.807) is 13.0 Å². The van der Waals surface area contributed by atoms with Gasteiger partial charge in [0, 0.05) is 12.3 Å². The minimum atomic E-state index is -0.251. The van der Waals surface area contributed by atoms with E-state index in [-0.39, 0.29) is 17.1 Å². The topological polar surface area (TPSA) is 75.7 Å². The summed E-state index contributed by atoms with van der Waals surface area (Å²) in [5, 5.41) is 12.8. The third-order valence-corrected chi connectivity index (χ3v) is 1.71. The zero-order valence-corrected chi connectivity index (χ0v) is 8.81. The third kappa shape index (κ3) is 3.05. The molecule has 0 atom stereocenters. The predicted octanol–water partition coefficient (Wildman–Crippen LogP) is 2.11. The Morgan fingerprint density at radius 1 is 1.60 bits per heavy atom. The van der Waals surface area contributed by atoms with E-state index < -0.39 is 0 Å². The van der Waals surface area contributed by atoms with Crippen LogP contribution in [0, 0.1) is 6.92 Å².